The van der Waals surface area contributed by atoms with Gasteiger partial charge in [0.15, 0.2) is 0 Å². The molecule has 0 heterocycles. The van der Waals surface area contributed by atoms with Crippen LogP contribution in [-0.2, 0) is 11.2 Å². The molecule has 21 heavy (non-hydrogen) atoms. The number of nitrogen functional groups attached to an aromatic ring is 1. The van der Waals surface area contributed by atoms with E-state index in [0.717, 1.165) is 12.0 Å². The van der Waals surface area contributed by atoms with Crippen LogP contribution in [0.5, 0.6) is 11.5 Å². The Morgan fingerprint density at radius 3 is 2.52 bits per heavy atom. The number of rotatable bonds is 6. The van der Waals surface area contributed by atoms with E-state index in [1.165, 1.54) is 12.1 Å². The Kier molecular flexibility index (Phi) is 4.90. The highest BCUT2D eigenvalue weighted by atomic mass is 19.1. The van der Waals surface area contributed by atoms with Gasteiger partial charge in [-0.3, -0.25) is 5.41 Å². The standard InChI is InChI=1S/C16H17FN2O2/c1-20-10-9-11-5-7-12(8-6-11)21-14-4-2-3-13(17)15(14)16(18)19/h2-8H,9-10H2,1H3,(H3,18,19). The van der Waals surface area contributed by atoms with E-state index in [0.29, 0.717) is 12.4 Å². The van der Waals surface area contributed by atoms with Crippen molar-refractivity contribution >= 4 is 5.84 Å². The van der Waals surface area contributed by atoms with Crippen LogP contribution in [0.15, 0.2) is 42.5 Å². The molecule has 2 aromatic carbocycles. The Bertz CT molecular complexity index is 627. The van der Waals surface area contributed by atoms with Gasteiger partial charge < -0.3 is 15.2 Å². The molecular formula is C16H17FN2O2. The number of halogens is 1. The van der Waals surface area contributed by atoms with Gasteiger partial charge in [0.25, 0.3) is 0 Å². The van der Waals surface area contributed by atoms with Gasteiger partial charge in [-0.05, 0) is 36.2 Å². The fourth-order valence-corrected chi connectivity index (χ4v) is 1.92. The molecule has 0 bridgehead atoms. The summed E-state index contributed by atoms with van der Waals surface area (Å²) in [6.45, 7) is 0.651. The minimum Gasteiger partial charge on any atom is -0.456 e. The maximum atomic E-state index is 13.7. The molecule has 0 aliphatic heterocycles. The largest absolute Gasteiger partial charge is 0.456 e. The van der Waals surface area contributed by atoms with E-state index in [9.17, 15) is 4.39 Å². The van der Waals surface area contributed by atoms with E-state index >= 15 is 0 Å². The van der Waals surface area contributed by atoms with Gasteiger partial charge in [-0.1, -0.05) is 18.2 Å². The first-order valence-electron chi connectivity index (χ1n) is 6.50. The summed E-state index contributed by atoms with van der Waals surface area (Å²) in [5.41, 5.74) is 6.49. The smallest absolute Gasteiger partial charge is 0.141 e. The van der Waals surface area contributed by atoms with Crippen LogP contribution in [-0.4, -0.2) is 19.6 Å². The number of nitrogens with two attached hydrogens (primary N) is 1. The van der Waals surface area contributed by atoms with Crippen molar-refractivity contribution in [2.24, 2.45) is 5.73 Å². The zero-order valence-corrected chi connectivity index (χ0v) is 11.7. The highest BCUT2D eigenvalue weighted by molar-refractivity contribution is 5.98. The molecule has 4 nitrogen and oxygen atoms in total. The van der Waals surface area contributed by atoms with Crippen LogP contribution in [0.3, 0.4) is 0 Å². The van der Waals surface area contributed by atoms with Crippen LogP contribution in [0.2, 0.25) is 0 Å². The van der Waals surface area contributed by atoms with Gasteiger partial charge in [0.05, 0.1) is 12.2 Å². The van der Waals surface area contributed by atoms with Crippen molar-refractivity contribution in [1.29, 1.82) is 5.41 Å². The summed E-state index contributed by atoms with van der Waals surface area (Å²) < 4.78 is 24.3. The molecule has 0 aliphatic carbocycles. The molecule has 0 saturated carbocycles. The number of hydrogen-bond acceptors (Lipinski definition) is 3. The summed E-state index contributed by atoms with van der Waals surface area (Å²) in [4.78, 5) is 0. The molecule has 0 atom stereocenters. The Labute approximate surface area is 122 Å². The minimum absolute atomic E-state index is 0.0269. The number of amidine groups is 1. The van der Waals surface area contributed by atoms with Crippen molar-refractivity contribution in [1.82, 2.24) is 0 Å². The topological polar surface area (TPSA) is 68.3 Å². The molecule has 0 aromatic heterocycles. The van der Waals surface area contributed by atoms with Gasteiger partial charge in [0.1, 0.15) is 23.2 Å². The molecule has 0 fully saturated rings. The predicted molar refractivity (Wildman–Crippen MR) is 79.5 cm³/mol. The first-order chi connectivity index (χ1) is 10.1. The van der Waals surface area contributed by atoms with Crippen molar-refractivity contribution in [3.63, 3.8) is 0 Å². The average Bonchev–Trinajstić information content (AvgIpc) is 2.46. The van der Waals surface area contributed by atoms with Gasteiger partial charge >= 0.3 is 0 Å². The van der Waals surface area contributed by atoms with Gasteiger partial charge in [0, 0.05) is 7.11 Å². The maximum Gasteiger partial charge on any atom is 0.141 e. The Balaban J connectivity index is 2.19. The van der Waals surface area contributed by atoms with Crippen LogP contribution < -0.4 is 10.5 Å². The van der Waals surface area contributed by atoms with Crippen LogP contribution >= 0.6 is 0 Å². The third-order valence-corrected chi connectivity index (χ3v) is 2.99. The SMILES string of the molecule is COCCc1ccc(Oc2cccc(F)c2C(=N)N)cc1. The second-order valence-electron chi connectivity index (χ2n) is 4.52. The average molecular weight is 288 g/mol. The molecular weight excluding hydrogens is 271 g/mol. The van der Waals surface area contributed by atoms with E-state index in [2.05, 4.69) is 0 Å². The fraction of sp³-hybridized carbons (Fsp3) is 0.188. The molecule has 0 spiro atoms. The number of methoxy groups -OCH3 is 1. The molecule has 3 N–H and O–H groups in total. The molecule has 0 radical (unpaired) electrons. The minimum atomic E-state index is -0.572. The lowest BCUT2D eigenvalue weighted by Gasteiger charge is -2.11. The van der Waals surface area contributed by atoms with E-state index in [-0.39, 0.29) is 17.1 Å². The first kappa shape index (κ1) is 15.0. The molecule has 5 heteroatoms. The predicted octanol–water partition coefficient (Wildman–Crippen LogP) is 3.09. The van der Waals surface area contributed by atoms with E-state index < -0.39 is 5.82 Å². The number of hydrogen-bond donors (Lipinski definition) is 2. The third kappa shape index (κ3) is 3.79. The summed E-state index contributed by atoms with van der Waals surface area (Å²) >= 11 is 0. The van der Waals surface area contributed by atoms with Gasteiger partial charge in [-0.15, -0.1) is 0 Å². The van der Waals surface area contributed by atoms with Gasteiger partial charge in [-0.2, -0.15) is 0 Å². The monoisotopic (exact) mass is 288 g/mol. The molecule has 2 aromatic rings. The van der Waals surface area contributed by atoms with Crippen molar-refractivity contribution in [3.05, 3.63) is 59.4 Å². The van der Waals surface area contributed by atoms with E-state index in [1.54, 1.807) is 25.3 Å². The summed E-state index contributed by atoms with van der Waals surface area (Å²) in [5.74, 6) is -0.145. The van der Waals surface area contributed by atoms with E-state index in [4.69, 9.17) is 20.6 Å². The Hall–Kier alpha value is -2.40. The number of nitrogens with one attached hydrogen (secondary N) is 1. The molecule has 2 rings (SSSR count). The van der Waals surface area contributed by atoms with Crippen molar-refractivity contribution in [3.8, 4) is 11.5 Å². The molecule has 0 aliphatic rings. The van der Waals surface area contributed by atoms with Crippen molar-refractivity contribution < 1.29 is 13.9 Å². The Morgan fingerprint density at radius 2 is 1.90 bits per heavy atom. The summed E-state index contributed by atoms with van der Waals surface area (Å²) in [5, 5.41) is 7.44. The highest BCUT2D eigenvalue weighted by Crippen LogP contribution is 2.27. The van der Waals surface area contributed by atoms with Crippen LogP contribution in [0.1, 0.15) is 11.1 Å². The highest BCUT2D eigenvalue weighted by Gasteiger charge is 2.13. The lowest BCUT2D eigenvalue weighted by atomic mass is 10.1. The van der Waals surface area contributed by atoms with Gasteiger partial charge in [-0.25, -0.2) is 4.39 Å². The molecule has 0 unspecified atom stereocenters. The first-order valence-corrected chi connectivity index (χ1v) is 6.50. The molecule has 110 valence electrons. The lowest BCUT2D eigenvalue weighted by molar-refractivity contribution is 0.202. The fourth-order valence-electron chi connectivity index (χ4n) is 1.92. The quantitative estimate of drug-likeness (QED) is 0.634. The second kappa shape index (κ2) is 6.85. The maximum absolute atomic E-state index is 13.7. The van der Waals surface area contributed by atoms with Crippen LogP contribution in [0.4, 0.5) is 4.39 Å². The number of ether oxygens (including phenoxy) is 2. The van der Waals surface area contributed by atoms with Crippen LogP contribution in [0.25, 0.3) is 0 Å². The van der Waals surface area contributed by atoms with E-state index in [1.807, 2.05) is 12.1 Å². The zero-order valence-electron chi connectivity index (χ0n) is 11.7. The zero-order chi connectivity index (χ0) is 15.2. The summed E-state index contributed by atoms with van der Waals surface area (Å²) in [7, 11) is 1.66. The second-order valence-corrected chi connectivity index (χ2v) is 4.52. The van der Waals surface area contributed by atoms with Crippen molar-refractivity contribution in [2.45, 2.75) is 6.42 Å². The Morgan fingerprint density at radius 1 is 1.19 bits per heavy atom. The van der Waals surface area contributed by atoms with Gasteiger partial charge in [0.2, 0.25) is 0 Å². The summed E-state index contributed by atoms with van der Waals surface area (Å²) in [6, 6.07) is 11.8. The molecule has 0 saturated heterocycles. The van der Waals surface area contributed by atoms with Crippen molar-refractivity contribution in [2.75, 3.05) is 13.7 Å². The summed E-state index contributed by atoms with van der Waals surface area (Å²) in [6.07, 6.45) is 0.815. The molecule has 0 amide bonds. The lowest BCUT2D eigenvalue weighted by Crippen LogP contribution is -2.14. The van der Waals surface area contributed by atoms with Crippen LogP contribution in [0, 0.1) is 11.2 Å². The third-order valence-electron chi connectivity index (χ3n) is 2.99. The normalized spacial score (nSPS) is 10.4. The number of benzene rings is 2.